The molecule has 0 unspecified atom stereocenters. The maximum absolute atomic E-state index is 5.33. The molecule has 0 aliphatic rings. The van der Waals surface area contributed by atoms with Gasteiger partial charge < -0.3 is 10.6 Å². The van der Waals surface area contributed by atoms with Crippen LogP contribution in [0.5, 0.6) is 0 Å². The van der Waals surface area contributed by atoms with Crippen molar-refractivity contribution in [2.45, 2.75) is 18.7 Å². The molecule has 2 aromatic rings. The minimum atomic E-state index is 0.676. The van der Waals surface area contributed by atoms with Gasteiger partial charge in [-0.15, -0.1) is 11.8 Å². The molecule has 0 saturated heterocycles. The van der Waals surface area contributed by atoms with Crippen LogP contribution in [0, 0.1) is 13.8 Å². The Morgan fingerprint density at radius 2 is 1.86 bits per heavy atom. The van der Waals surface area contributed by atoms with Crippen LogP contribution in [0.15, 0.2) is 53.4 Å². The first-order valence-electron chi connectivity index (χ1n) is 6.95. The molecule has 110 valence electrons. The molecule has 0 saturated carbocycles. The van der Waals surface area contributed by atoms with E-state index in [1.807, 2.05) is 17.8 Å². The quantitative estimate of drug-likeness (QED) is 0.485. The Morgan fingerprint density at radius 3 is 2.57 bits per heavy atom. The van der Waals surface area contributed by atoms with E-state index in [9.17, 15) is 0 Å². The lowest BCUT2D eigenvalue weighted by atomic mass is 10.1. The summed E-state index contributed by atoms with van der Waals surface area (Å²) >= 11 is 7.15. The number of nitrogens with one attached hydrogen (secondary N) is 2. The van der Waals surface area contributed by atoms with Gasteiger partial charge in [-0.2, -0.15) is 0 Å². The van der Waals surface area contributed by atoms with Gasteiger partial charge in [0.05, 0.1) is 0 Å². The average molecular weight is 316 g/mol. The Balaban J connectivity index is 1.72. The van der Waals surface area contributed by atoms with Crippen LogP contribution in [0.3, 0.4) is 0 Å². The number of hydrogen-bond donors (Lipinski definition) is 2. The van der Waals surface area contributed by atoms with Crippen molar-refractivity contribution in [3.05, 3.63) is 59.7 Å². The normalized spacial score (nSPS) is 10.2. The standard InChI is InChI=1S/C17H20N2S2/c1-13-8-9-16(14(2)12-13)19-17(20)18-10-11-21-15-6-4-3-5-7-15/h3-9,12H,10-11H2,1-2H3,(H2,18,19,20). The fraction of sp³-hybridized carbons (Fsp3) is 0.235. The molecule has 0 atom stereocenters. The maximum atomic E-state index is 5.33. The van der Waals surface area contributed by atoms with Gasteiger partial charge in [0.25, 0.3) is 0 Å². The molecular weight excluding hydrogens is 296 g/mol. The summed E-state index contributed by atoms with van der Waals surface area (Å²) in [5, 5.41) is 7.17. The van der Waals surface area contributed by atoms with Gasteiger partial charge in [0.1, 0.15) is 0 Å². The van der Waals surface area contributed by atoms with Gasteiger partial charge in [-0.3, -0.25) is 0 Å². The van der Waals surface area contributed by atoms with E-state index in [1.54, 1.807) is 0 Å². The Labute approximate surface area is 136 Å². The highest BCUT2D eigenvalue weighted by atomic mass is 32.2. The van der Waals surface area contributed by atoms with Crippen LogP contribution in [-0.4, -0.2) is 17.4 Å². The predicted molar refractivity (Wildman–Crippen MR) is 97.3 cm³/mol. The zero-order chi connectivity index (χ0) is 15.1. The summed E-state index contributed by atoms with van der Waals surface area (Å²) in [5.41, 5.74) is 3.53. The van der Waals surface area contributed by atoms with E-state index < -0.39 is 0 Å². The van der Waals surface area contributed by atoms with Crippen molar-refractivity contribution >= 4 is 34.8 Å². The van der Waals surface area contributed by atoms with Crippen molar-refractivity contribution in [3.8, 4) is 0 Å². The second kappa shape index (κ2) is 8.05. The van der Waals surface area contributed by atoms with E-state index in [4.69, 9.17) is 12.2 Å². The first-order valence-corrected chi connectivity index (χ1v) is 8.34. The van der Waals surface area contributed by atoms with Crippen molar-refractivity contribution in [1.29, 1.82) is 0 Å². The van der Waals surface area contributed by atoms with Crippen molar-refractivity contribution in [3.63, 3.8) is 0 Å². The highest BCUT2D eigenvalue weighted by Gasteiger charge is 2.01. The summed E-state index contributed by atoms with van der Waals surface area (Å²) in [5.74, 6) is 0.985. The molecule has 2 N–H and O–H groups in total. The molecule has 0 amide bonds. The number of anilines is 1. The highest BCUT2D eigenvalue weighted by Crippen LogP contribution is 2.17. The van der Waals surface area contributed by atoms with Crippen LogP contribution in [0.4, 0.5) is 5.69 Å². The van der Waals surface area contributed by atoms with Gasteiger partial charge in [-0.05, 0) is 49.8 Å². The molecule has 21 heavy (non-hydrogen) atoms. The highest BCUT2D eigenvalue weighted by molar-refractivity contribution is 7.99. The lowest BCUT2D eigenvalue weighted by Gasteiger charge is -2.12. The number of hydrogen-bond acceptors (Lipinski definition) is 2. The Kier molecular flexibility index (Phi) is 6.08. The molecule has 2 nitrogen and oxygen atoms in total. The summed E-state index contributed by atoms with van der Waals surface area (Å²) in [4.78, 5) is 1.28. The average Bonchev–Trinajstić information content (AvgIpc) is 2.48. The number of aryl methyl sites for hydroxylation is 2. The number of rotatable bonds is 5. The molecule has 0 aromatic heterocycles. The van der Waals surface area contributed by atoms with E-state index in [0.29, 0.717) is 5.11 Å². The van der Waals surface area contributed by atoms with Gasteiger partial charge in [0.2, 0.25) is 0 Å². The molecule has 4 heteroatoms. The predicted octanol–water partition coefficient (Wildman–Crippen LogP) is 4.38. The molecule has 2 rings (SSSR count). The maximum Gasteiger partial charge on any atom is 0.170 e. The SMILES string of the molecule is Cc1ccc(NC(=S)NCCSc2ccccc2)c(C)c1. The topological polar surface area (TPSA) is 24.1 Å². The molecule has 2 aromatic carbocycles. The van der Waals surface area contributed by atoms with E-state index in [0.717, 1.165) is 18.0 Å². The second-order valence-electron chi connectivity index (χ2n) is 4.86. The van der Waals surface area contributed by atoms with Crippen molar-refractivity contribution in [1.82, 2.24) is 5.32 Å². The summed E-state index contributed by atoms with van der Waals surface area (Å²) in [6, 6.07) is 16.7. The lowest BCUT2D eigenvalue weighted by molar-refractivity contribution is 0.989. The summed E-state index contributed by atoms with van der Waals surface area (Å²) in [6.45, 7) is 5.02. The lowest BCUT2D eigenvalue weighted by Crippen LogP contribution is -2.30. The van der Waals surface area contributed by atoms with Gasteiger partial charge in [0.15, 0.2) is 5.11 Å². The molecular formula is C17H20N2S2. The zero-order valence-electron chi connectivity index (χ0n) is 12.3. The van der Waals surface area contributed by atoms with Crippen molar-refractivity contribution in [2.75, 3.05) is 17.6 Å². The molecule has 0 spiro atoms. The van der Waals surface area contributed by atoms with Crippen LogP contribution < -0.4 is 10.6 Å². The Morgan fingerprint density at radius 1 is 1.10 bits per heavy atom. The molecule has 0 aliphatic heterocycles. The van der Waals surface area contributed by atoms with Crippen molar-refractivity contribution in [2.24, 2.45) is 0 Å². The molecule has 0 bridgehead atoms. The minimum Gasteiger partial charge on any atom is -0.362 e. The first-order chi connectivity index (χ1) is 10.1. The van der Waals surface area contributed by atoms with Gasteiger partial charge in [-0.25, -0.2) is 0 Å². The van der Waals surface area contributed by atoms with E-state index in [2.05, 4.69) is 66.9 Å². The second-order valence-corrected chi connectivity index (χ2v) is 6.44. The van der Waals surface area contributed by atoms with E-state index in [1.165, 1.54) is 16.0 Å². The number of benzene rings is 2. The van der Waals surface area contributed by atoms with Gasteiger partial charge in [0, 0.05) is 22.9 Å². The summed E-state index contributed by atoms with van der Waals surface area (Å²) < 4.78 is 0. The third-order valence-corrected chi connectivity index (χ3v) is 4.29. The molecule has 0 radical (unpaired) electrons. The summed E-state index contributed by atoms with van der Waals surface area (Å²) in [7, 11) is 0. The van der Waals surface area contributed by atoms with Crippen LogP contribution in [0.25, 0.3) is 0 Å². The minimum absolute atomic E-state index is 0.676. The fourth-order valence-corrected chi connectivity index (χ4v) is 2.97. The molecule has 0 aliphatic carbocycles. The van der Waals surface area contributed by atoms with Gasteiger partial charge in [-0.1, -0.05) is 35.9 Å². The zero-order valence-corrected chi connectivity index (χ0v) is 14.0. The molecule has 0 fully saturated rings. The largest absolute Gasteiger partial charge is 0.362 e. The van der Waals surface area contributed by atoms with E-state index in [-0.39, 0.29) is 0 Å². The summed E-state index contributed by atoms with van der Waals surface area (Å²) in [6.07, 6.45) is 0. The fourth-order valence-electron chi connectivity index (χ4n) is 1.97. The van der Waals surface area contributed by atoms with Crippen molar-refractivity contribution < 1.29 is 0 Å². The third kappa shape index (κ3) is 5.40. The van der Waals surface area contributed by atoms with Crippen LogP contribution >= 0.6 is 24.0 Å². The van der Waals surface area contributed by atoms with Crippen LogP contribution in [0.1, 0.15) is 11.1 Å². The number of thiocarbonyl (C=S) groups is 1. The van der Waals surface area contributed by atoms with Gasteiger partial charge >= 0.3 is 0 Å². The molecule has 0 heterocycles. The van der Waals surface area contributed by atoms with Crippen LogP contribution in [0.2, 0.25) is 0 Å². The van der Waals surface area contributed by atoms with Crippen LogP contribution in [-0.2, 0) is 0 Å². The first kappa shape index (κ1) is 15.9. The van der Waals surface area contributed by atoms with E-state index >= 15 is 0 Å². The number of thioether (sulfide) groups is 1. The Bertz CT molecular complexity index is 597. The smallest absolute Gasteiger partial charge is 0.170 e. The monoisotopic (exact) mass is 316 g/mol. The Hall–Kier alpha value is -1.52. The third-order valence-electron chi connectivity index (χ3n) is 3.03.